The number of anilines is 1. The van der Waals surface area contributed by atoms with Crippen LogP contribution in [0.4, 0.5) is 5.69 Å². The molecule has 0 fully saturated rings. The van der Waals surface area contributed by atoms with E-state index >= 15 is 0 Å². The van der Waals surface area contributed by atoms with Gasteiger partial charge in [0.2, 0.25) is 0 Å². The number of benzene rings is 2. The first kappa shape index (κ1) is 13.6. The van der Waals surface area contributed by atoms with Crippen molar-refractivity contribution in [1.29, 1.82) is 0 Å². The number of thiophene rings is 1. The highest BCUT2D eigenvalue weighted by atomic mass is 79.9. The van der Waals surface area contributed by atoms with E-state index in [1.54, 1.807) is 12.1 Å². The first-order valence-corrected chi connectivity index (χ1v) is 7.88. The van der Waals surface area contributed by atoms with Crippen molar-refractivity contribution in [2.75, 3.05) is 5.32 Å². The smallest absolute Gasteiger partial charge is 0.265 e. The second kappa shape index (κ2) is 5.56. The molecule has 0 aliphatic heterocycles. The lowest BCUT2D eigenvalue weighted by atomic mass is 10.1. The van der Waals surface area contributed by atoms with Crippen LogP contribution < -0.4 is 5.32 Å². The van der Waals surface area contributed by atoms with Crippen LogP contribution in [0.2, 0.25) is 4.34 Å². The van der Waals surface area contributed by atoms with Crippen LogP contribution in [0.15, 0.2) is 53.0 Å². The minimum Gasteiger partial charge on any atom is -0.321 e. The van der Waals surface area contributed by atoms with E-state index in [-0.39, 0.29) is 5.91 Å². The van der Waals surface area contributed by atoms with Gasteiger partial charge in [-0.2, -0.15) is 0 Å². The predicted octanol–water partition coefficient (Wildman–Crippen LogP) is 5.57. The van der Waals surface area contributed by atoms with E-state index in [0.717, 1.165) is 20.9 Å². The molecule has 1 aromatic heterocycles. The van der Waals surface area contributed by atoms with Crippen molar-refractivity contribution >= 4 is 61.2 Å². The lowest BCUT2D eigenvalue weighted by Gasteiger charge is -2.09. The maximum atomic E-state index is 12.2. The Kier molecular flexibility index (Phi) is 3.78. The highest BCUT2D eigenvalue weighted by Crippen LogP contribution is 2.30. The van der Waals surface area contributed by atoms with Crippen LogP contribution in [0.3, 0.4) is 0 Å². The van der Waals surface area contributed by atoms with Gasteiger partial charge in [-0.05, 0) is 29.7 Å². The van der Waals surface area contributed by atoms with Gasteiger partial charge in [0, 0.05) is 15.5 Å². The van der Waals surface area contributed by atoms with E-state index in [1.165, 1.54) is 11.3 Å². The number of hydrogen-bond donors (Lipinski definition) is 1. The Morgan fingerprint density at radius 1 is 1.05 bits per heavy atom. The number of carbonyl (C=O) groups excluding carboxylic acids is 1. The van der Waals surface area contributed by atoms with Gasteiger partial charge in [-0.3, -0.25) is 4.79 Å². The maximum Gasteiger partial charge on any atom is 0.265 e. The number of rotatable bonds is 2. The number of carbonyl (C=O) groups is 1. The molecule has 20 heavy (non-hydrogen) atoms. The van der Waals surface area contributed by atoms with Gasteiger partial charge in [-0.25, -0.2) is 0 Å². The number of amides is 1. The molecule has 1 amide bonds. The Morgan fingerprint density at radius 3 is 2.50 bits per heavy atom. The van der Waals surface area contributed by atoms with Crippen LogP contribution in [0.5, 0.6) is 0 Å². The maximum absolute atomic E-state index is 12.2. The summed E-state index contributed by atoms with van der Waals surface area (Å²) >= 11 is 10.6. The molecular weight excluding hydrogens is 358 g/mol. The topological polar surface area (TPSA) is 29.1 Å². The summed E-state index contributed by atoms with van der Waals surface area (Å²) in [5.41, 5.74) is 0.790. The van der Waals surface area contributed by atoms with Gasteiger partial charge in [0.1, 0.15) is 0 Å². The van der Waals surface area contributed by atoms with E-state index in [0.29, 0.717) is 9.21 Å². The summed E-state index contributed by atoms with van der Waals surface area (Å²) in [6, 6.07) is 15.2. The lowest BCUT2D eigenvalue weighted by Crippen LogP contribution is -2.10. The molecular formula is C15H9BrClNOS. The van der Waals surface area contributed by atoms with Crippen molar-refractivity contribution in [1.82, 2.24) is 0 Å². The third-order valence-corrected chi connectivity index (χ3v) is 4.84. The summed E-state index contributed by atoms with van der Waals surface area (Å²) in [6.07, 6.45) is 0. The fraction of sp³-hybridized carbons (Fsp3) is 0. The van der Waals surface area contributed by atoms with Crippen LogP contribution >= 0.6 is 38.9 Å². The number of fused-ring (bicyclic) bond motifs is 1. The zero-order chi connectivity index (χ0) is 14.1. The number of nitrogens with one attached hydrogen (secondary N) is 1. The molecule has 1 heterocycles. The molecule has 0 aliphatic rings. The molecule has 2 nitrogen and oxygen atoms in total. The van der Waals surface area contributed by atoms with Gasteiger partial charge in [-0.15, -0.1) is 11.3 Å². The second-order valence-electron chi connectivity index (χ2n) is 4.20. The minimum absolute atomic E-state index is 0.144. The van der Waals surface area contributed by atoms with Gasteiger partial charge in [0.05, 0.1) is 9.21 Å². The molecule has 0 saturated carbocycles. The molecule has 5 heteroatoms. The minimum atomic E-state index is -0.144. The van der Waals surface area contributed by atoms with Gasteiger partial charge in [-0.1, -0.05) is 51.8 Å². The normalized spacial score (nSPS) is 10.7. The average molecular weight is 367 g/mol. The zero-order valence-corrected chi connectivity index (χ0v) is 13.3. The molecule has 3 aromatic rings. The molecule has 0 bridgehead atoms. The van der Waals surface area contributed by atoms with Gasteiger partial charge in [0.15, 0.2) is 0 Å². The van der Waals surface area contributed by atoms with Gasteiger partial charge < -0.3 is 5.32 Å². The molecule has 0 saturated heterocycles. The standard InChI is InChI=1S/C15H9BrClNOS/c16-11-5-6-12(10-4-2-1-3-9(10)11)18-15(19)13-7-8-14(17)20-13/h1-8H,(H,18,19). The molecule has 0 unspecified atom stereocenters. The summed E-state index contributed by atoms with van der Waals surface area (Å²) in [5, 5.41) is 5.00. The molecule has 0 spiro atoms. The summed E-state index contributed by atoms with van der Waals surface area (Å²) in [7, 11) is 0. The summed E-state index contributed by atoms with van der Waals surface area (Å²) in [5.74, 6) is -0.144. The highest BCUT2D eigenvalue weighted by molar-refractivity contribution is 9.10. The first-order chi connectivity index (χ1) is 9.65. The van der Waals surface area contributed by atoms with Crippen molar-refractivity contribution in [2.45, 2.75) is 0 Å². The molecule has 0 atom stereocenters. The van der Waals surface area contributed by atoms with E-state index in [2.05, 4.69) is 21.2 Å². The summed E-state index contributed by atoms with van der Waals surface area (Å²) < 4.78 is 1.61. The third-order valence-electron chi connectivity index (χ3n) is 2.92. The van der Waals surface area contributed by atoms with E-state index < -0.39 is 0 Å². The second-order valence-corrected chi connectivity index (χ2v) is 6.77. The molecule has 0 radical (unpaired) electrons. The summed E-state index contributed by atoms with van der Waals surface area (Å²) in [4.78, 5) is 12.8. The van der Waals surface area contributed by atoms with E-state index in [9.17, 15) is 4.79 Å². The molecule has 1 N–H and O–H groups in total. The van der Waals surface area contributed by atoms with Crippen molar-refractivity contribution in [3.8, 4) is 0 Å². The quantitative estimate of drug-likeness (QED) is 0.631. The lowest BCUT2D eigenvalue weighted by molar-refractivity contribution is 0.103. The number of halogens is 2. The van der Waals surface area contributed by atoms with Gasteiger partial charge in [0.25, 0.3) is 5.91 Å². The predicted molar refractivity (Wildman–Crippen MR) is 88.9 cm³/mol. The SMILES string of the molecule is O=C(Nc1ccc(Br)c2ccccc12)c1ccc(Cl)s1. The molecule has 0 aliphatic carbocycles. The average Bonchev–Trinajstić information content (AvgIpc) is 2.89. The Hall–Kier alpha value is -1.36. The Labute approximate surface area is 133 Å². The number of hydrogen-bond acceptors (Lipinski definition) is 2. The van der Waals surface area contributed by atoms with Crippen LogP contribution in [0.1, 0.15) is 9.67 Å². The van der Waals surface area contributed by atoms with Gasteiger partial charge >= 0.3 is 0 Å². The monoisotopic (exact) mass is 365 g/mol. The first-order valence-electron chi connectivity index (χ1n) is 5.89. The van der Waals surface area contributed by atoms with Crippen LogP contribution in [-0.4, -0.2) is 5.91 Å². The Balaban J connectivity index is 1.99. The highest BCUT2D eigenvalue weighted by Gasteiger charge is 2.11. The molecule has 2 aromatic carbocycles. The van der Waals surface area contributed by atoms with Crippen molar-refractivity contribution in [3.05, 3.63) is 62.2 Å². The zero-order valence-electron chi connectivity index (χ0n) is 10.2. The molecule has 100 valence electrons. The largest absolute Gasteiger partial charge is 0.321 e. The van der Waals surface area contributed by atoms with Crippen LogP contribution in [0.25, 0.3) is 10.8 Å². The van der Waals surface area contributed by atoms with Crippen molar-refractivity contribution in [3.63, 3.8) is 0 Å². The van der Waals surface area contributed by atoms with Crippen LogP contribution in [-0.2, 0) is 0 Å². The Morgan fingerprint density at radius 2 is 1.80 bits per heavy atom. The van der Waals surface area contributed by atoms with Crippen LogP contribution in [0, 0.1) is 0 Å². The fourth-order valence-electron chi connectivity index (χ4n) is 1.99. The van der Waals surface area contributed by atoms with Crippen molar-refractivity contribution < 1.29 is 4.79 Å². The van der Waals surface area contributed by atoms with Crippen molar-refractivity contribution in [2.24, 2.45) is 0 Å². The fourth-order valence-corrected chi connectivity index (χ4v) is 3.41. The molecule has 3 rings (SSSR count). The summed E-state index contributed by atoms with van der Waals surface area (Å²) in [6.45, 7) is 0. The van der Waals surface area contributed by atoms with E-state index in [4.69, 9.17) is 11.6 Å². The van der Waals surface area contributed by atoms with E-state index in [1.807, 2.05) is 36.4 Å². The Bertz CT molecular complexity index is 799. The third kappa shape index (κ3) is 2.59.